The minimum absolute atomic E-state index is 0.316. The summed E-state index contributed by atoms with van der Waals surface area (Å²) in [5.74, 6) is 0.565. The molecule has 1 rings (SSSR count). The molecule has 0 aliphatic heterocycles. The summed E-state index contributed by atoms with van der Waals surface area (Å²) in [6, 6.07) is 7.11. The number of nitrogens with one attached hydrogen (secondary N) is 1. The molecule has 0 heterocycles. The lowest BCUT2D eigenvalue weighted by molar-refractivity contribution is 0.0187. The van der Waals surface area contributed by atoms with Crippen molar-refractivity contribution < 1.29 is 14.9 Å². The number of likely N-dealkylation sites (N-methyl/N-ethyl adjacent to an activating group) is 1. The van der Waals surface area contributed by atoms with Crippen LogP contribution in [0.1, 0.15) is 11.7 Å². The zero-order valence-electron chi connectivity index (χ0n) is 9.97. The number of benzene rings is 1. The number of hydrogen-bond acceptors (Lipinski definition) is 4. The zero-order chi connectivity index (χ0) is 12.7. The van der Waals surface area contributed by atoms with E-state index in [4.69, 9.17) is 4.74 Å². The first-order chi connectivity index (χ1) is 8.20. The molecule has 1 aromatic rings. The summed E-state index contributed by atoms with van der Waals surface area (Å²) in [7, 11) is 1.72. The SMILES string of the molecule is C=CCOc1ccccc1C(O)C(O)CNC. The molecule has 0 amide bonds. The van der Waals surface area contributed by atoms with Gasteiger partial charge in [0, 0.05) is 12.1 Å². The van der Waals surface area contributed by atoms with E-state index < -0.39 is 12.2 Å². The van der Waals surface area contributed by atoms with Gasteiger partial charge in [-0.1, -0.05) is 30.9 Å². The highest BCUT2D eigenvalue weighted by Gasteiger charge is 2.20. The van der Waals surface area contributed by atoms with Gasteiger partial charge < -0.3 is 20.3 Å². The van der Waals surface area contributed by atoms with Crippen LogP contribution in [0.25, 0.3) is 0 Å². The molecule has 0 aliphatic rings. The number of hydrogen-bond donors (Lipinski definition) is 3. The average molecular weight is 237 g/mol. The molecule has 2 unspecified atom stereocenters. The average Bonchev–Trinajstić information content (AvgIpc) is 2.36. The molecule has 0 aliphatic carbocycles. The number of aliphatic hydroxyl groups is 2. The summed E-state index contributed by atoms with van der Waals surface area (Å²) >= 11 is 0. The number of aliphatic hydroxyl groups excluding tert-OH is 2. The summed E-state index contributed by atoms with van der Waals surface area (Å²) in [5.41, 5.74) is 0.581. The Morgan fingerprint density at radius 3 is 2.76 bits per heavy atom. The first-order valence-electron chi connectivity index (χ1n) is 5.54. The van der Waals surface area contributed by atoms with Crippen molar-refractivity contribution in [2.24, 2.45) is 0 Å². The monoisotopic (exact) mass is 237 g/mol. The number of rotatable bonds is 7. The second-order valence-corrected chi connectivity index (χ2v) is 3.71. The Labute approximate surface area is 102 Å². The Balaban J connectivity index is 2.83. The Bertz CT molecular complexity index is 354. The van der Waals surface area contributed by atoms with Crippen LogP contribution in [0.3, 0.4) is 0 Å². The van der Waals surface area contributed by atoms with Gasteiger partial charge >= 0.3 is 0 Å². The predicted octanol–water partition coefficient (Wildman–Crippen LogP) is 0.865. The normalized spacial score (nSPS) is 14.1. The quantitative estimate of drug-likeness (QED) is 0.616. The van der Waals surface area contributed by atoms with Crippen molar-refractivity contribution in [3.63, 3.8) is 0 Å². The van der Waals surface area contributed by atoms with Gasteiger partial charge in [0.05, 0.1) is 6.10 Å². The van der Waals surface area contributed by atoms with E-state index in [-0.39, 0.29) is 0 Å². The Morgan fingerprint density at radius 1 is 1.41 bits per heavy atom. The van der Waals surface area contributed by atoms with Crippen LogP contribution in [-0.2, 0) is 0 Å². The summed E-state index contributed by atoms with van der Waals surface area (Å²) in [6.07, 6.45) is -0.204. The van der Waals surface area contributed by atoms with Gasteiger partial charge in [0.15, 0.2) is 0 Å². The van der Waals surface area contributed by atoms with Crippen LogP contribution in [0.5, 0.6) is 5.75 Å². The third-order valence-electron chi connectivity index (χ3n) is 2.37. The van der Waals surface area contributed by atoms with E-state index in [0.717, 1.165) is 0 Å². The number of ether oxygens (including phenoxy) is 1. The molecule has 2 atom stereocenters. The zero-order valence-corrected chi connectivity index (χ0v) is 9.97. The van der Waals surface area contributed by atoms with Crippen molar-refractivity contribution in [3.05, 3.63) is 42.5 Å². The fourth-order valence-corrected chi connectivity index (χ4v) is 1.53. The minimum Gasteiger partial charge on any atom is -0.489 e. The second-order valence-electron chi connectivity index (χ2n) is 3.71. The molecular formula is C13H19NO3. The molecule has 4 heteroatoms. The highest BCUT2D eigenvalue weighted by molar-refractivity contribution is 5.35. The largest absolute Gasteiger partial charge is 0.489 e. The maximum Gasteiger partial charge on any atom is 0.125 e. The van der Waals surface area contributed by atoms with Gasteiger partial charge in [-0.15, -0.1) is 0 Å². The smallest absolute Gasteiger partial charge is 0.125 e. The van der Waals surface area contributed by atoms with Crippen molar-refractivity contribution in [2.75, 3.05) is 20.2 Å². The molecule has 17 heavy (non-hydrogen) atoms. The van der Waals surface area contributed by atoms with Gasteiger partial charge in [0.1, 0.15) is 18.5 Å². The van der Waals surface area contributed by atoms with Gasteiger partial charge in [-0.25, -0.2) is 0 Å². The second kappa shape index (κ2) is 7.06. The van der Waals surface area contributed by atoms with Crippen molar-refractivity contribution in [1.29, 1.82) is 0 Å². The minimum atomic E-state index is -0.969. The Morgan fingerprint density at radius 2 is 2.12 bits per heavy atom. The molecule has 0 saturated carbocycles. The van der Waals surface area contributed by atoms with Crippen LogP contribution in [0, 0.1) is 0 Å². The first-order valence-corrected chi connectivity index (χ1v) is 5.54. The molecular weight excluding hydrogens is 218 g/mol. The third-order valence-corrected chi connectivity index (χ3v) is 2.37. The molecule has 1 aromatic carbocycles. The van der Waals surface area contributed by atoms with Crippen LogP contribution in [0.15, 0.2) is 36.9 Å². The van der Waals surface area contributed by atoms with E-state index in [2.05, 4.69) is 11.9 Å². The van der Waals surface area contributed by atoms with Crippen LogP contribution in [0.4, 0.5) is 0 Å². The predicted molar refractivity (Wildman–Crippen MR) is 67.0 cm³/mol. The molecule has 0 radical (unpaired) electrons. The molecule has 0 spiro atoms. The molecule has 0 fully saturated rings. The van der Waals surface area contributed by atoms with Crippen molar-refractivity contribution in [1.82, 2.24) is 5.32 Å². The molecule has 3 N–H and O–H groups in total. The van der Waals surface area contributed by atoms with Crippen molar-refractivity contribution in [3.8, 4) is 5.75 Å². The number of para-hydroxylation sites is 1. The molecule has 4 nitrogen and oxygen atoms in total. The van der Waals surface area contributed by atoms with E-state index in [0.29, 0.717) is 24.5 Å². The fraction of sp³-hybridized carbons (Fsp3) is 0.385. The topological polar surface area (TPSA) is 61.7 Å². The van der Waals surface area contributed by atoms with E-state index >= 15 is 0 Å². The third kappa shape index (κ3) is 3.85. The molecule has 0 aromatic heterocycles. The Hall–Kier alpha value is -1.36. The van der Waals surface area contributed by atoms with Gasteiger partial charge in [-0.2, -0.15) is 0 Å². The summed E-state index contributed by atoms with van der Waals surface area (Å²) < 4.78 is 5.43. The van der Waals surface area contributed by atoms with E-state index in [1.807, 2.05) is 6.07 Å². The molecule has 94 valence electrons. The first kappa shape index (κ1) is 13.7. The highest BCUT2D eigenvalue weighted by atomic mass is 16.5. The van der Waals surface area contributed by atoms with E-state index in [1.165, 1.54) is 0 Å². The maximum absolute atomic E-state index is 10.0. The summed E-state index contributed by atoms with van der Waals surface area (Å²) in [5, 5.41) is 22.6. The lowest BCUT2D eigenvalue weighted by atomic mass is 10.0. The molecule has 0 saturated heterocycles. The maximum atomic E-state index is 10.0. The van der Waals surface area contributed by atoms with Crippen molar-refractivity contribution >= 4 is 0 Å². The van der Waals surface area contributed by atoms with Gasteiger partial charge in [-0.05, 0) is 13.1 Å². The summed E-state index contributed by atoms with van der Waals surface area (Å²) in [4.78, 5) is 0. The summed E-state index contributed by atoms with van der Waals surface area (Å²) in [6.45, 7) is 4.25. The van der Waals surface area contributed by atoms with Crippen LogP contribution >= 0.6 is 0 Å². The molecule has 0 bridgehead atoms. The lowest BCUT2D eigenvalue weighted by Crippen LogP contribution is -2.29. The van der Waals surface area contributed by atoms with Gasteiger partial charge in [-0.3, -0.25) is 0 Å². The lowest BCUT2D eigenvalue weighted by Gasteiger charge is -2.20. The van der Waals surface area contributed by atoms with Crippen LogP contribution in [-0.4, -0.2) is 36.5 Å². The van der Waals surface area contributed by atoms with E-state index in [9.17, 15) is 10.2 Å². The highest BCUT2D eigenvalue weighted by Crippen LogP contribution is 2.27. The van der Waals surface area contributed by atoms with Crippen molar-refractivity contribution in [2.45, 2.75) is 12.2 Å². The Kier molecular flexibility index (Phi) is 5.69. The van der Waals surface area contributed by atoms with Crippen LogP contribution in [0.2, 0.25) is 0 Å². The fourth-order valence-electron chi connectivity index (χ4n) is 1.53. The standard InChI is InChI=1S/C13H19NO3/c1-3-8-17-12-7-5-4-6-10(12)13(16)11(15)9-14-2/h3-7,11,13-16H,1,8-9H2,2H3. The van der Waals surface area contributed by atoms with E-state index in [1.54, 1.807) is 31.3 Å². The van der Waals surface area contributed by atoms with Crippen LogP contribution < -0.4 is 10.1 Å². The van der Waals surface area contributed by atoms with Gasteiger partial charge in [0.2, 0.25) is 0 Å². The van der Waals surface area contributed by atoms with Gasteiger partial charge in [0.25, 0.3) is 0 Å².